The Morgan fingerprint density at radius 1 is 1.35 bits per heavy atom. The number of aromatic nitrogens is 1. The molecule has 2 heterocycles. The highest BCUT2D eigenvalue weighted by molar-refractivity contribution is 5.37. The summed E-state index contributed by atoms with van der Waals surface area (Å²) in [5.41, 5.74) is 1.26. The van der Waals surface area contributed by atoms with Gasteiger partial charge in [-0.05, 0) is 32.4 Å². The van der Waals surface area contributed by atoms with Crippen molar-refractivity contribution >= 4 is 5.82 Å². The van der Waals surface area contributed by atoms with Crippen LogP contribution in [0.25, 0.3) is 0 Å². The molecule has 0 amide bonds. The van der Waals surface area contributed by atoms with Crippen molar-refractivity contribution in [3.05, 3.63) is 23.9 Å². The van der Waals surface area contributed by atoms with Gasteiger partial charge in [0, 0.05) is 18.3 Å². The molecule has 0 unspecified atom stereocenters. The van der Waals surface area contributed by atoms with Crippen molar-refractivity contribution in [3.8, 4) is 0 Å². The maximum absolute atomic E-state index is 5.11. The zero-order valence-corrected chi connectivity index (χ0v) is 10.8. The Balaban J connectivity index is 1.84. The van der Waals surface area contributed by atoms with Gasteiger partial charge >= 0.3 is 0 Å². The standard InChI is InChI=1S/C13H21N3O/c1-13(2,3)16-12-5-4-10(7-15-12)6-14-11-8-17-9-11/h4-5,7,11,14H,6,8-9H2,1-3H3,(H,15,16). The molecule has 1 aromatic heterocycles. The fraction of sp³-hybridized carbons (Fsp3) is 0.615. The van der Waals surface area contributed by atoms with Gasteiger partial charge in [-0.1, -0.05) is 6.07 Å². The average Bonchev–Trinajstić information content (AvgIpc) is 2.16. The topological polar surface area (TPSA) is 46.2 Å². The summed E-state index contributed by atoms with van der Waals surface area (Å²) in [6, 6.07) is 4.65. The highest BCUT2D eigenvalue weighted by atomic mass is 16.5. The summed E-state index contributed by atoms with van der Waals surface area (Å²) in [6.07, 6.45) is 1.92. The number of nitrogens with one attached hydrogen (secondary N) is 2. The molecule has 0 radical (unpaired) electrons. The SMILES string of the molecule is CC(C)(C)Nc1ccc(CNC2COC2)cn1. The number of anilines is 1. The highest BCUT2D eigenvalue weighted by Crippen LogP contribution is 2.12. The van der Waals surface area contributed by atoms with Crippen molar-refractivity contribution in [1.29, 1.82) is 0 Å². The number of pyridine rings is 1. The summed E-state index contributed by atoms with van der Waals surface area (Å²) >= 11 is 0. The van der Waals surface area contributed by atoms with Crippen LogP contribution in [0, 0.1) is 0 Å². The van der Waals surface area contributed by atoms with Crippen LogP contribution in [0.4, 0.5) is 5.82 Å². The molecule has 17 heavy (non-hydrogen) atoms. The Morgan fingerprint density at radius 3 is 2.59 bits per heavy atom. The van der Waals surface area contributed by atoms with Crippen LogP contribution in [-0.4, -0.2) is 29.8 Å². The van der Waals surface area contributed by atoms with E-state index < -0.39 is 0 Å². The summed E-state index contributed by atoms with van der Waals surface area (Å²) < 4.78 is 5.11. The number of hydrogen-bond acceptors (Lipinski definition) is 4. The molecule has 0 aromatic carbocycles. The van der Waals surface area contributed by atoms with E-state index in [4.69, 9.17) is 4.74 Å². The van der Waals surface area contributed by atoms with Crippen LogP contribution in [0.1, 0.15) is 26.3 Å². The van der Waals surface area contributed by atoms with Crippen molar-refractivity contribution in [1.82, 2.24) is 10.3 Å². The molecule has 1 fully saturated rings. The first-order valence-electron chi connectivity index (χ1n) is 6.07. The van der Waals surface area contributed by atoms with E-state index in [1.165, 1.54) is 5.56 Å². The molecule has 2 rings (SSSR count). The molecule has 1 aliphatic heterocycles. The van der Waals surface area contributed by atoms with Gasteiger partial charge in [0.25, 0.3) is 0 Å². The third-order valence-electron chi connectivity index (χ3n) is 2.56. The first kappa shape index (κ1) is 12.3. The Kier molecular flexibility index (Phi) is 3.64. The van der Waals surface area contributed by atoms with Crippen LogP contribution in [0.5, 0.6) is 0 Å². The summed E-state index contributed by atoms with van der Waals surface area (Å²) in [5, 5.41) is 6.76. The molecule has 2 N–H and O–H groups in total. The zero-order chi connectivity index (χ0) is 12.3. The van der Waals surface area contributed by atoms with Gasteiger partial charge < -0.3 is 15.4 Å². The fourth-order valence-electron chi connectivity index (χ4n) is 1.60. The summed E-state index contributed by atoms with van der Waals surface area (Å²) in [5.74, 6) is 0.924. The lowest BCUT2D eigenvalue weighted by Crippen LogP contribution is -2.45. The second kappa shape index (κ2) is 5.02. The second-order valence-corrected chi connectivity index (χ2v) is 5.54. The molecule has 94 valence electrons. The summed E-state index contributed by atoms with van der Waals surface area (Å²) in [6.45, 7) is 8.90. The van der Waals surface area contributed by atoms with E-state index in [1.807, 2.05) is 12.3 Å². The van der Waals surface area contributed by atoms with Crippen LogP contribution in [0.15, 0.2) is 18.3 Å². The quantitative estimate of drug-likeness (QED) is 0.835. The zero-order valence-electron chi connectivity index (χ0n) is 10.8. The lowest BCUT2D eigenvalue weighted by atomic mass is 10.1. The van der Waals surface area contributed by atoms with Crippen molar-refractivity contribution in [2.24, 2.45) is 0 Å². The highest BCUT2D eigenvalue weighted by Gasteiger charge is 2.17. The molecule has 0 atom stereocenters. The predicted octanol–water partition coefficient (Wildman–Crippen LogP) is 1.78. The minimum atomic E-state index is 0.0516. The molecule has 0 saturated carbocycles. The Hall–Kier alpha value is -1.13. The molecule has 0 bridgehead atoms. The minimum Gasteiger partial charge on any atom is -0.378 e. The maximum Gasteiger partial charge on any atom is 0.126 e. The van der Waals surface area contributed by atoms with Gasteiger partial charge in [-0.25, -0.2) is 4.98 Å². The largest absolute Gasteiger partial charge is 0.378 e. The molecule has 1 aromatic rings. The first-order chi connectivity index (χ1) is 8.03. The molecule has 1 aliphatic rings. The first-order valence-corrected chi connectivity index (χ1v) is 6.07. The van der Waals surface area contributed by atoms with Crippen LogP contribution in [0.3, 0.4) is 0 Å². The van der Waals surface area contributed by atoms with E-state index in [-0.39, 0.29) is 5.54 Å². The van der Waals surface area contributed by atoms with Crippen molar-refractivity contribution < 1.29 is 4.74 Å². The normalized spacial score (nSPS) is 16.6. The Bertz CT molecular complexity index is 352. The lowest BCUT2D eigenvalue weighted by molar-refractivity contribution is -0.00579. The van der Waals surface area contributed by atoms with Crippen LogP contribution >= 0.6 is 0 Å². The van der Waals surface area contributed by atoms with E-state index in [9.17, 15) is 0 Å². The molecule has 0 spiro atoms. The van der Waals surface area contributed by atoms with E-state index in [0.29, 0.717) is 6.04 Å². The second-order valence-electron chi connectivity index (χ2n) is 5.54. The molecule has 4 nitrogen and oxygen atoms in total. The summed E-state index contributed by atoms with van der Waals surface area (Å²) in [4.78, 5) is 4.40. The number of nitrogens with zero attached hydrogens (tertiary/aromatic N) is 1. The van der Waals surface area contributed by atoms with Gasteiger partial charge in [0.15, 0.2) is 0 Å². The molecule has 4 heteroatoms. The summed E-state index contributed by atoms with van der Waals surface area (Å²) in [7, 11) is 0. The van der Waals surface area contributed by atoms with Crippen molar-refractivity contribution in [2.45, 2.75) is 38.9 Å². The lowest BCUT2D eigenvalue weighted by Gasteiger charge is -2.27. The van der Waals surface area contributed by atoms with Gasteiger partial charge in [0.05, 0.1) is 19.3 Å². The van der Waals surface area contributed by atoms with Gasteiger partial charge in [0.2, 0.25) is 0 Å². The van der Waals surface area contributed by atoms with E-state index in [2.05, 4.69) is 42.5 Å². The van der Waals surface area contributed by atoms with Crippen LogP contribution < -0.4 is 10.6 Å². The van der Waals surface area contributed by atoms with E-state index in [1.54, 1.807) is 0 Å². The van der Waals surface area contributed by atoms with Gasteiger partial charge in [-0.3, -0.25) is 0 Å². The van der Waals surface area contributed by atoms with E-state index >= 15 is 0 Å². The Labute approximate surface area is 103 Å². The number of rotatable bonds is 4. The van der Waals surface area contributed by atoms with Crippen LogP contribution in [-0.2, 0) is 11.3 Å². The third kappa shape index (κ3) is 3.98. The number of hydrogen-bond donors (Lipinski definition) is 2. The molecule has 1 saturated heterocycles. The Morgan fingerprint density at radius 2 is 2.12 bits per heavy atom. The molecular formula is C13H21N3O. The van der Waals surface area contributed by atoms with Crippen molar-refractivity contribution in [2.75, 3.05) is 18.5 Å². The predicted molar refractivity (Wildman–Crippen MR) is 69.1 cm³/mol. The smallest absolute Gasteiger partial charge is 0.126 e. The van der Waals surface area contributed by atoms with Gasteiger partial charge in [-0.2, -0.15) is 0 Å². The number of ether oxygens (including phenoxy) is 1. The minimum absolute atomic E-state index is 0.0516. The maximum atomic E-state index is 5.11. The van der Waals surface area contributed by atoms with Gasteiger partial charge in [-0.15, -0.1) is 0 Å². The molecular weight excluding hydrogens is 214 g/mol. The average molecular weight is 235 g/mol. The molecule has 0 aliphatic carbocycles. The van der Waals surface area contributed by atoms with Gasteiger partial charge in [0.1, 0.15) is 5.82 Å². The third-order valence-corrected chi connectivity index (χ3v) is 2.56. The van der Waals surface area contributed by atoms with E-state index in [0.717, 1.165) is 25.6 Å². The van der Waals surface area contributed by atoms with Crippen molar-refractivity contribution in [3.63, 3.8) is 0 Å². The monoisotopic (exact) mass is 235 g/mol. The fourth-order valence-corrected chi connectivity index (χ4v) is 1.60. The van der Waals surface area contributed by atoms with Crippen LogP contribution in [0.2, 0.25) is 0 Å².